The zero-order valence-corrected chi connectivity index (χ0v) is 16.1. The van der Waals surface area contributed by atoms with Gasteiger partial charge in [-0.1, -0.05) is 23.7 Å². The van der Waals surface area contributed by atoms with E-state index in [2.05, 4.69) is 20.5 Å². The molecule has 3 aromatic rings. The van der Waals surface area contributed by atoms with Crippen LogP contribution < -0.4 is 14.8 Å². The normalized spacial score (nSPS) is 10.6. The van der Waals surface area contributed by atoms with Crippen molar-refractivity contribution in [1.29, 1.82) is 0 Å². The maximum absolute atomic E-state index is 12.7. The molecule has 27 heavy (non-hydrogen) atoms. The molecule has 1 aromatic heterocycles. The van der Waals surface area contributed by atoms with Gasteiger partial charge in [-0.25, -0.2) is 4.98 Å². The summed E-state index contributed by atoms with van der Waals surface area (Å²) >= 11 is 6.19. The van der Waals surface area contributed by atoms with Crippen molar-refractivity contribution in [3.63, 3.8) is 0 Å². The highest BCUT2D eigenvalue weighted by atomic mass is 35.5. The summed E-state index contributed by atoms with van der Waals surface area (Å²) in [5.74, 6) is 1.74. The number of ether oxygens (including phenoxy) is 2. The van der Waals surface area contributed by atoms with Crippen LogP contribution in [0.15, 0.2) is 30.3 Å². The summed E-state index contributed by atoms with van der Waals surface area (Å²) in [6.45, 7) is 3.73. The van der Waals surface area contributed by atoms with E-state index < -0.39 is 0 Å². The lowest BCUT2D eigenvalue weighted by Gasteiger charge is -2.13. The Kier molecular flexibility index (Phi) is 5.32. The summed E-state index contributed by atoms with van der Waals surface area (Å²) in [7, 11) is 2.98. The lowest BCUT2D eigenvalue weighted by atomic mass is 10.1. The van der Waals surface area contributed by atoms with Crippen molar-refractivity contribution in [1.82, 2.24) is 15.2 Å². The molecule has 1 heterocycles. The molecule has 0 aliphatic heterocycles. The van der Waals surface area contributed by atoms with Gasteiger partial charge in [0.2, 0.25) is 0 Å². The second kappa shape index (κ2) is 7.67. The first-order chi connectivity index (χ1) is 12.9. The minimum atomic E-state index is -0.315. The third kappa shape index (κ3) is 3.88. The van der Waals surface area contributed by atoms with E-state index in [0.29, 0.717) is 33.6 Å². The van der Waals surface area contributed by atoms with Crippen LogP contribution in [0.4, 0.5) is 5.69 Å². The SMILES string of the molecule is COc1cc(C(=O)Nc2cc(-c3n[nH]c(C)n3)ccc2C)cc(Cl)c1OC. The van der Waals surface area contributed by atoms with Crippen LogP contribution >= 0.6 is 11.6 Å². The molecule has 8 heteroatoms. The number of anilines is 1. The van der Waals surface area contributed by atoms with E-state index in [9.17, 15) is 4.79 Å². The number of halogens is 1. The largest absolute Gasteiger partial charge is 0.493 e. The highest BCUT2D eigenvalue weighted by Gasteiger charge is 2.16. The maximum Gasteiger partial charge on any atom is 0.255 e. The van der Waals surface area contributed by atoms with Gasteiger partial charge in [0.25, 0.3) is 5.91 Å². The number of amides is 1. The number of hydrogen-bond acceptors (Lipinski definition) is 5. The van der Waals surface area contributed by atoms with Crippen LogP contribution in [0.1, 0.15) is 21.7 Å². The molecular formula is C19H19ClN4O3. The van der Waals surface area contributed by atoms with Crippen LogP contribution in [0, 0.1) is 13.8 Å². The van der Waals surface area contributed by atoms with E-state index in [1.54, 1.807) is 6.07 Å². The average Bonchev–Trinajstić information content (AvgIpc) is 3.09. The number of methoxy groups -OCH3 is 2. The van der Waals surface area contributed by atoms with E-state index in [0.717, 1.165) is 17.0 Å². The number of aromatic nitrogens is 3. The Bertz CT molecular complexity index is 1000. The lowest BCUT2D eigenvalue weighted by Crippen LogP contribution is -2.13. The maximum atomic E-state index is 12.7. The summed E-state index contributed by atoms with van der Waals surface area (Å²) in [6.07, 6.45) is 0. The van der Waals surface area contributed by atoms with Crippen LogP contribution in [0.3, 0.4) is 0 Å². The number of benzene rings is 2. The van der Waals surface area contributed by atoms with Gasteiger partial charge in [-0.15, -0.1) is 0 Å². The van der Waals surface area contributed by atoms with Gasteiger partial charge in [-0.3, -0.25) is 9.89 Å². The van der Waals surface area contributed by atoms with Gasteiger partial charge in [0, 0.05) is 16.8 Å². The monoisotopic (exact) mass is 386 g/mol. The Balaban J connectivity index is 1.91. The van der Waals surface area contributed by atoms with Gasteiger partial charge in [0.05, 0.1) is 19.2 Å². The van der Waals surface area contributed by atoms with E-state index in [4.69, 9.17) is 21.1 Å². The van der Waals surface area contributed by atoms with E-state index in [-0.39, 0.29) is 5.91 Å². The molecule has 2 aromatic carbocycles. The Morgan fingerprint density at radius 3 is 2.56 bits per heavy atom. The minimum absolute atomic E-state index is 0.295. The fourth-order valence-electron chi connectivity index (χ4n) is 2.61. The molecule has 0 bridgehead atoms. The van der Waals surface area contributed by atoms with Gasteiger partial charge < -0.3 is 14.8 Å². The van der Waals surface area contributed by atoms with Crippen molar-refractivity contribution in [3.8, 4) is 22.9 Å². The van der Waals surface area contributed by atoms with E-state index >= 15 is 0 Å². The molecule has 0 fully saturated rings. The smallest absolute Gasteiger partial charge is 0.255 e. The number of carbonyl (C=O) groups is 1. The zero-order chi connectivity index (χ0) is 19.6. The topological polar surface area (TPSA) is 89.1 Å². The van der Waals surface area contributed by atoms with Crippen LogP contribution in [0.2, 0.25) is 5.02 Å². The van der Waals surface area contributed by atoms with Crippen molar-refractivity contribution in [2.75, 3.05) is 19.5 Å². The van der Waals surface area contributed by atoms with Crippen LogP contribution in [-0.4, -0.2) is 35.3 Å². The Morgan fingerprint density at radius 2 is 1.93 bits per heavy atom. The summed E-state index contributed by atoms with van der Waals surface area (Å²) in [6, 6.07) is 8.76. The van der Waals surface area contributed by atoms with Gasteiger partial charge >= 0.3 is 0 Å². The third-order valence-electron chi connectivity index (χ3n) is 4.04. The predicted molar refractivity (Wildman–Crippen MR) is 104 cm³/mol. The second-order valence-corrected chi connectivity index (χ2v) is 6.33. The molecule has 0 atom stereocenters. The van der Waals surface area contributed by atoms with Gasteiger partial charge in [0.15, 0.2) is 17.3 Å². The summed E-state index contributed by atoms with van der Waals surface area (Å²) in [5.41, 5.74) is 2.72. The van der Waals surface area contributed by atoms with Crippen molar-refractivity contribution in [3.05, 3.63) is 52.3 Å². The highest BCUT2D eigenvalue weighted by Crippen LogP contribution is 2.36. The van der Waals surface area contributed by atoms with Crippen LogP contribution in [0.5, 0.6) is 11.5 Å². The molecule has 0 aliphatic rings. The number of nitrogens with zero attached hydrogens (tertiary/aromatic N) is 2. The zero-order valence-electron chi connectivity index (χ0n) is 15.4. The number of rotatable bonds is 5. The van der Waals surface area contributed by atoms with Gasteiger partial charge in [-0.05, 0) is 37.6 Å². The number of H-pyrrole nitrogens is 1. The fourth-order valence-corrected chi connectivity index (χ4v) is 2.90. The van der Waals surface area contributed by atoms with Crippen molar-refractivity contribution >= 4 is 23.2 Å². The highest BCUT2D eigenvalue weighted by molar-refractivity contribution is 6.32. The number of aromatic amines is 1. The Hall–Kier alpha value is -3.06. The number of hydrogen-bond donors (Lipinski definition) is 2. The van der Waals surface area contributed by atoms with Crippen LogP contribution in [-0.2, 0) is 0 Å². The van der Waals surface area contributed by atoms with Crippen LogP contribution in [0.25, 0.3) is 11.4 Å². The first kappa shape index (κ1) is 18.7. The molecule has 0 radical (unpaired) electrons. The third-order valence-corrected chi connectivity index (χ3v) is 4.32. The molecule has 7 nitrogen and oxygen atoms in total. The standard InChI is InChI=1S/C19H19ClN4O3/c1-10-5-6-12(18-21-11(2)23-24-18)8-15(10)22-19(25)13-7-14(20)17(27-4)16(9-13)26-3/h5-9H,1-4H3,(H,22,25)(H,21,23,24). The number of carbonyl (C=O) groups excluding carboxylic acids is 1. The van der Waals surface area contributed by atoms with E-state index in [1.807, 2.05) is 32.0 Å². The van der Waals surface area contributed by atoms with E-state index in [1.165, 1.54) is 20.3 Å². The summed E-state index contributed by atoms with van der Waals surface area (Å²) in [4.78, 5) is 17.0. The minimum Gasteiger partial charge on any atom is -0.493 e. The first-order valence-electron chi connectivity index (χ1n) is 8.16. The molecule has 2 N–H and O–H groups in total. The predicted octanol–water partition coefficient (Wildman–Crippen LogP) is 4.01. The molecule has 140 valence electrons. The second-order valence-electron chi connectivity index (χ2n) is 5.92. The number of nitrogens with one attached hydrogen (secondary N) is 2. The molecule has 1 amide bonds. The average molecular weight is 387 g/mol. The quantitative estimate of drug-likeness (QED) is 0.691. The summed E-state index contributed by atoms with van der Waals surface area (Å²) in [5, 5.41) is 10.2. The molecule has 3 rings (SSSR count). The number of aryl methyl sites for hydroxylation is 2. The van der Waals surface area contributed by atoms with Gasteiger partial charge in [-0.2, -0.15) is 5.10 Å². The summed E-state index contributed by atoms with van der Waals surface area (Å²) < 4.78 is 10.5. The molecule has 0 aliphatic carbocycles. The molecule has 0 spiro atoms. The molecule has 0 saturated heterocycles. The lowest BCUT2D eigenvalue weighted by molar-refractivity contribution is 0.102. The Morgan fingerprint density at radius 1 is 1.15 bits per heavy atom. The van der Waals surface area contributed by atoms with Crippen molar-refractivity contribution < 1.29 is 14.3 Å². The van der Waals surface area contributed by atoms with Crippen molar-refractivity contribution in [2.24, 2.45) is 0 Å². The fraction of sp³-hybridized carbons (Fsp3) is 0.211. The Labute approximate surface area is 161 Å². The molecule has 0 saturated carbocycles. The molecule has 0 unspecified atom stereocenters. The van der Waals surface area contributed by atoms with Gasteiger partial charge in [0.1, 0.15) is 5.82 Å². The molecular weight excluding hydrogens is 368 g/mol. The first-order valence-corrected chi connectivity index (χ1v) is 8.53. The van der Waals surface area contributed by atoms with Crippen molar-refractivity contribution in [2.45, 2.75) is 13.8 Å².